The number of pyridine rings is 1. The van der Waals surface area contributed by atoms with Crippen LogP contribution in [0.1, 0.15) is 39.5 Å². The second-order valence-electron chi connectivity index (χ2n) is 8.11. The Balaban J connectivity index is 1.38. The van der Waals surface area contributed by atoms with E-state index in [1.54, 1.807) is 6.92 Å². The molecule has 1 spiro atoms. The van der Waals surface area contributed by atoms with Crippen molar-refractivity contribution in [3.63, 3.8) is 0 Å². The number of fused-ring (bicyclic) bond motifs is 2. The van der Waals surface area contributed by atoms with Gasteiger partial charge in [0.25, 0.3) is 5.91 Å². The van der Waals surface area contributed by atoms with Crippen LogP contribution in [0.15, 0.2) is 53.3 Å². The van der Waals surface area contributed by atoms with Gasteiger partial charge in [-0.1, -0.05) is 30.3 Å². The molecule has 2 aliphatic rings. The molecule has 0 saturated carbocycles. The van der Waals surface area contributed by atoms with E-state index in [-0.39, 0.29) is 16.9 Å². The number of rotatable bonds is 2. The SMILES string of the molecule is Cc1cc(=O)cc(C(=O)N2CCC3(CC2)OCCc2sc(-c4ccccc4)cc23)[nH]1. The molecule has 154 valence electrons. The van der Waals surface area contributed by atoms with Crippen LogP contribution in [0.5, 0.6) is 0 Å². The van der Waals surface area contributed by atoms with Crippen LogP contribution in [0.4, 0.5) is 0 Å². The molecule has 1 aromatic carbocycles. The third kappa shape index (κ3) is 3.40. The van der Waals surface area contributed by atoms with Crippen molar-refractivity contribution in [1.82, 2.24) is 9.88 Å². The zero-order chi connectivity index (χ0) is 20.7. The van der Waals surface area contributed by atoms with E-state index < -0.39 is 0 Å². The number of H-pyrrole nitrogens is 1. The number of hydrogen-bond acceptors (Lipinski definition) is 4. The molecular formula is C24H24N2O3S. The first kappa shape index (κ1) is 19.3. The predicted octanol–water partition coefficient (Wildman–Crippen LogP) is 4.12. The average molecular weight is 421 g/mol. The number of carbonyl (C=O) groups excluding carboxylic acids is 1. The van der Waals surface area contributed by atoms with Crippen LogP contribution >= 0.6 is 11.3 Å². The highest BCUT2D eigenvalue weighted by atomic mass is 32.1. The van der Waals surface area contributed by atoms with Crippen LogP contribution in [-0.2, 0) is 16.8 Å². The number of piperidine rings is 1. The maximum absolute atomic E-state index is 12.9. The van der Waals surface area contributed by atoms with Crippen LogP contribution < -0.4 is 5.43 Å². The highest BCUT2D eigenvalue weighted by Gasteiger charge is 2.43. The van der Waals surface area contributed by atoms with Crippen molar-refractivity contribution >= 4 is 17.2 Å². The number of aromatic amines is 1. The minimum absolute atomic E-state index is 0.114. The molecule has 30 heavy (non-hydrogen) atoms. The zero-order valence-corrected chi connectivity index (χ0v) is 17.8. The van der Waals surface area contributed by atoms with Crippen molar-refractivity contribution in [1.29, 1.82) is 0 Å². The van der Waals surface area contributed by atoms with E-state index in [2.05, 4.69) is 35.3 Å². The Bertz CT molecular complexity index is 1140. The summed E-state index contributed by atoms with van der Waals surface area (Å²) in [5, 5.41) is 0. The van der Waals surface area contributed by atoms with Crippen molar-refractivity contribution in [2.75, 3.05) is 19.7 Å². The van der Waals surface area contributed by atoms with Crippen LogP contribution in [0.2, 0.25) is 0 Å². The van der Waals surface area contributed by atoms with Crippen molar-refractivity contribution in [3.8, 4) is 10.4 Å². The van der Waals surface area contributed by atoms with Gasteiger partial charge in [0, 0.05) is 47.1 Å². The molecule has 0 unspecified atom stereocenters. The smallest absolute Gasteiger partial charge is 0.270 e. The fraction of sp³-hybridized carbons (Fsp3) is 0.333. The number of ether oxygens (including phenoxy) is 1. The maximum atomic E-state index is 12.9. The van der Waals surface area contributed by atoms with Gasteiger partial charge in [-0.2, -0.15) is 0 Å². The van der Waals surface area contributed by atoms with Crippen LogP contribution in [0.3, 0.4) is 0 Å². The van der Waals surface area contributed by atoms with E-state index in [4.69, 9.17) is 4.74 Å². The normalized spacial score (nSPS) is 17.7. The quantitative estimate of drug-likeness (QED) is 0.679. The lowest BCUT2D eigenvalue weighted by Crippen LogP contribution is -2.48. The minimum atomic E-state index is -0.312. The standard InChI is InChI=1S/C24H24N2O3S/c1-16-13-18(27)14-20(25-16)23(28)26-10-8-24(9-11-26)19-15-22(17-5-3-2-4-6-17)30-21(19)7-12-29-24/h2-6,13-15H,7-12H2,1H3,(H,25,27). The summed E-state index contributed by atoms with van der Waals surface area (Å²) in [6.07, 6.45) is 2.49. The molecule has 2 aromatic heterocycles. The van der Waals surface area contributed by atoms with Gasteiger partial charge in [-0.15, -0.1) is 11.3 Å². The van der Waals surface area contributed by atoms with Crippen molar-refractivity contribution < 1.29 is 9.53 Å². The first-order chi connectivity index (χ1) is 14.5. The molecule has 1 N–H and O–H groups in total. The zero-order valence-electron chi connectivity index (χ0n) is 16.9. The third-order valence-corrected chi connectivity index (χ3v) is 7.38. The Morgan fingerprint density at radius 1 is 1.13 bits per heavy atom. The Morgan fingerprint density at radius 2 is 1.90 bits per heavy atom. The summed E-state index contributed by atoms with van der Waals surface area (Å²) >= 11 is 1.86. The molecule has 5 nitrogen and oxygen atoms in total. The van der Waals surface area contributed by atoms with Gasteiger partial charge in [0.1, 0.15) is 5.69 Å². The number of aromatic nitrogens is 1. The number of nitrogens with zero attached hydrogens (tertiary/aromatic N) is 1. The van der Waals surface area contributed by atoms with E-state index in [1.807, 2.05) is 22.3 Å². The molecule has 0 bridgehead atoms. The molecule has 1 amide bonds. The Kier molecular flexibility index (Phi) is 4.83. The summed E-state index contributed by atoms with van der Waals surface area (Å²) < 4.78 is 6.36. The molecule has 5 rings (SSSR count). The van der Waals surface area contributed by atoms with E-state index in [1.165, 1.54) is 33.0 Å². The number of likely N-dealkylation sites (tertiary alicyclic amines) is 1. The number of benzene rings is 1. The summed E-state index contributed by atoms with van der Waals surface area (Å²) in [4.78, 5) is 32.3. The molecule has 3 aromatic rings. The van der Waals surface area contributed by atoms with Crippen molar-refractivity contribution in [2.45, 2.75) is 31.8 Å². The fourth-order valence-electron chi connectivity index (χ4n) is 4.61. The molecule has 2 aliphatic heterocycles. The van der Waals surface area contributed by atoms with Gasteiger partial charge in [-0.05, 0) is 37.0 Å². The van der Waals surface area contributed by atoms with Crippen molar-refractivity contribution in [2.24, 2.45) is 0 Å². The number of aryl methyl sites for hydroxylation is 1. The number of thiophene rings is 1. The minimum Gasteiger partial charge on any atom is -0.370 e. The molecular weight excluding hydrogens is 396 g/mol. The Morgan fingerprint density at radius 3 is 2.63 bits per heavy atom. The topological polar surface area (TPSA) is 62.4 Å². The van der Waals surface area contributed by atoms with Gasteiger partial charge in [0.15, 0.2) is 5.43 Å². The summed E-state index contributed by atoms with van der Waals surface area (Å²) in [6, 6.07) is 15.7. The molecule has 0 radical (unpaired) electrons. The van der Waals surface area contributed by atoms with Gasteiger partial charge >= 0.3 is 0 Å². The highest BCUT2D eigenvalue weighted by molar-refractivity contribution is 7.15. The third-order valence-electron chi connectivity index (χ3n) is 6.13. The van der Waals surface area contributed by atoms with Gasteiger partial charge in [-0.3, -0.25) is 9.59 Å². The molecule has 0 atom stereocenters. The summed E-state index contributed by atoms with van der Waals surface area (Å²) in [6.45, 7) is 3.75. The predicted molar refractivity (Wildman–Crippen MR) is 118 cm³/mol. The lowest BCUT2D eigenvalue weighted by Gasteiger charge is -2.44. The molecule has 0 aliphatic carbocycles. The first-order valence-corrected chi connectivity index (χ1v) is 11.2. The van der Waals surface area contributed by atoms with Gasteiger partial charge in [0.05, 0.1) is 12.2 Å². The monoisotopic (exact) mass is 420 g/mol. The van der Waals surface area contributed by atoms with E-state index in [0.29, 0.717) is 24.5 Å². The lowest BCUT2D eigenvalue weighted by atomic mass is 9.82. The van der Waals surface area contributed by atoms with Crippen molar-refractivity contribution in [3.05, 3.63) is 80.6 Å². The number of nitrogens with one attached hydrogen (secondary N) is 1. The molecule has 6 heteroatoms. The Labute approximate surface area is 179 Å². The molecule has 1 fully saturated rings. The number of amides is 1. The lowest BCUT2D eigenvalue weighted by molar-refractivity contribution is -0.0926. The molecule has 1 saturated heterocycles. The second kappa shape index (κ2) is 7.52. The number of carbonyl (C=O) groups is 1. The fourth-order valence-corrected chi connectivity index (χ4v) is 5.85. The largest absolute Gasteiger partial charge is 0.370 e. The van der Waals surface area contributed by atoms with Gasteiger partial charge in [0.2, 0.25) is 0 Å². The van der Waals surface area contributed by atoms with Crippen LogP contribution in [0, 0.1) is 6.92 Å². The van der Waals surface area contributed by atoms with E-state index in [0.717, 1.165) is 25.9 Å². The van der Waals surface area contributed by atoms with Crippen LogP contribution in [-0.4, -0.2) is 35.5 Å². The van der Waals surface area contributed by atoms with Gasteiger partial charge in [-0.25, -0.2) is 0 Å². The van der Waals surface area contributed by atoms with E-state index in [9.17, 15) is 9.59 Å². The highest BCUT2D eigenvalue weighted by Crippen LogP contribution is 2.46. The summed E-state index contributed by atoms with van der Waals surface area (Å²) in [5.74, 6) is -0.114. The maximum Gasteiger partial charge on any atom is 0.270 e. The number of hydrogen-bond donors (Lipinski definition) is 1. The summed E-state index contributed by atoms with van der Waals surface area (Å²) in [5.41, 5.74) is 3.15. The van der Waals surface area contributed by atoms with E-state index >= 15 is 0 Å². The first-order valence-electron chi connectivity index (χ1n) is 10.4. The summed E-state index contributed by atoms with van der Waals surface area (Å²) in [7, 11) is 0. The van der Waals surface area contributed by atoms with Gasteiger partial charge < -0.3 is 14.6 Å². The second-order valence-corrected chi connectivity index (χ2v) is 9.25. The average Bonchev–Trinajstić information content (AvgIpc) is 3.20. The Hall–Kier alpha value is -2.70. The van der Waals surface area contributed by atoms with Crippen LogP contribution in [0.25, 0.3) is 10.4 Å². The molecule has 4 heterocycles.